The number of halogens is 1. The van der Waals surface area contributed by atoms with Crippen LogP contribution in [-0.4, -0.2) is 40.7 Å². The average molecular weight is 272 g/mol. The summed E-state index contributed by atoms with van der Waals surface area (Å²) in [6, 6.07) is 0. The van der Waals surface area contributed by atoms with Gasteiger partial charge in [-0.3, -0.25) is 0 Å². The lowest BCUT2D eigenvalue weighted by molar-refractivity contribution is 0.0311. The van der Waals surface area contributed by atoms with Crippen LogP contribution in [0, 0.1) is 5.92 Å². The highest BCUT2D eigenvalue weighted by molar-refractivity contribution is 4.95. The van der Waals surface area contributed by atoms with E-state index in [1.807, 2.05) is 0 Å². The van der Waals surface area contributed by atoms with Crippen LogP contribution >= 0.6 is 0 Å². The summed E-state index contributed by atoms with van der Waals surface area (Å²) in [7, 11) is 1.51. The van der Waals surface area contributed by atoms with Crippen molar-refractivity contribution in [3.63, 3.8) is 0 Å². The number of nitrogens with zero attached hydrogens (tertiary/aromatic N) is 3. The second kappa shape index (κ2) is 7.55. The molecule has 110 valence electrons. The van der Waals surface area contributed by atoms with Crippen LogP contribution in [0.2, 0.25) is 0 Å². The molecule has 1 atom stereocenters. The molecular formula is C13H25FN4O. The minimum absolute atomic E-state index is 0.0571. The molecule has 2 N–H and O–H groups in total. The first-order valence-electron chi connectivity index (χ1n) is 6.75. The van der Waals surface area contributed by atoms with Gasteiger partial charge in [0.05, 0.1) is 6.61 Å². The summed E-state index contributed by atoms with van der Waals surface area (Å²) in [6.45, 7) is 5.47. The number of hydrogen-bond acceptors (Lipinski definition) is 4. The largest absolute Gasteiger partial charge is 0.381 e. The fourth-order valence-corrected chi connectivity index (χ4v) is 2.10. The lowest BCUT2D eigenvalue weighted by atomic mass is 9.96. The molecule has 1 heterocycles. The Morgan fingerprint density at radius 3 is 2.84 bits per heavy atom. The molecule has 0 aromatic carbocycles. The van der Waals surface area contributed by atoms with Crippen LogP contribution in [0.4, 0.5) is 4.39 Å². The number of ether oxygens (including phenoxy) is 1. The molecule has 1 aromatic rings. The number of methoxy groups -OCH3 is 1. The number of hydrogen-bond donors (Lipinski definition) is 1. The molecule has 0 bridgehead atoms. The monoisotopic (exact) mass is 272 g/mol. The topological polar surface area (TPSA) is 66.0 Å². The third kappa shape index (κ3) is 5.24. The Labute approximate surface area is 114 Å². The van der Waals surface area contributed by atoms with E-state index in [0.29, 0.717) is 31.1 Å². The van der Waals surface area contributed by atoms with E-state index < -0.39 is 5.67 Å². The van der Waals surface area contributed by atoms with Crippen LogP contribution in [0.1, 0.15) is 32.5 Å². The number of nitrogens with two attached hydrogens (primary N) is 1. The van der Waals surface area contributed by atoms with E-state index in [9.17, 15) is 4.39 Å². The molecule has 1 aromatic heterocycles. The number of rotatable bonds is 9. The summed E-state index contributed by atoms with van der Waals surface area (Å²) in [5.41, 5.74) is 4.04. The first kappa shape index (κ1) is 16.0. The van der Waals surface area contributed by atoms with Crippen LogP contribution in [0.3, 0.4) is 0 Å². The Balaban J connectivity index is 2.75. The predicted octanol–water partition coefficient (Wildman–Crippen LogP) is 1.57. The van der Waals surface area contributed by atoms with Crippen LogP contribution < -0.4 is 5.73 Å². The SMILES string of the molecule is COCC(F)(CCCN)Cc1ncnn1CC(C)C. The quantitative estimate of drug-likeness (QED) is 0.741. The van der Waals surface area contributed by atoms with Crippen LogP contribution in [0.15, 0.2) is 6.33 Å². The second-order valence-electron chi connectivity index (χ2n) is 5.41. The van der Waals surface area contributed by atoms with E-state index in [2.05, 4.69) is 23.9 Å². The van der Waals surface area contributed by atoms with Gasteiger partial charge >= 0.3 is 0 Å². The van der Waals surface area contributed by atoms with Crippen molar-refractivity contribution in [2.24, 2.45) is 11.7 Å². The zero-order valence-electron chi connectivity index (χ0n) is 12.1. The van der Waals surface area contributed by atoms with Crippen molar-refractivity contribution >= 4 is 0 Å². The maximum absolute atomic E-state index is 14.8. The second-order valence-corrected chi connectivity index (χ2v) is 5.41. The maximum atomic E-state index is 14.8. The minimum Gasteiger partial charge on any atom is -0.381 e. The van der Waals surface area contributed by atoms with Gasteiger partial charge in [0.1, 0.15) is 17.8 Å². The zero-order chi connectivity index (χ0) is 14.3. The van der Waals surface area contributed by atoms with Crippen LogP contribution in [0.25, 0.3) is 0 Å². The van der Waals surface area contributed by atoms with Gasteiger partial charge in [0.2, 0.25) is 0 Å². The van der Waals surface area contributed by atoms with Crippen molar-refractivity contribution in [3.05, 3.63) is 12.2 Å². The van der Waals surface area contributed by atoms with Crippen molar-refractivity contribution in [2.75, 3.05) is 20.3 Å². The van der Waals surface area contributed by atoms with Gasteiger partial charge in [0.15, 0.2) is 0 Å². The lowest BCUT2D eigenvalue weighted by Crippen LogP contribution is -2.34. The highest BCUT2D eigenvalue weighted by atomic mass is 19.1. The Morgan fingerprint density at radius 2 is 2.26 bits per heavy atom. The fourth-order valence-electron chi connectivity index (χ4n) is 2.10. The fraction of sp³-hybridized carbons (Fsp3) is 0.846. The molecule has 6 heteroatoms. The summed E-state index contributed by atoms with van der Waals surface area (Å²) in [5, 5.41) is 4.15. The molecule has 0 saturated heterocycles. The van der Waals surface area contributed by atoms with Gasteiger partial charge in [0, 0.05) is 20.1 Å². The summed E-state index contributed by atoms with van der Waals surface area (Å²) < 4.78 is 21.6. The van der Waals surface area contributed by atoms with Crippen LogP contribution in [-0.2, 0) is 17.7 Å². The van der Waals surface area contributed by atoms with Crippen molar-refractivity contribution in [1.82, 2.24) is 14.8 Å². The maximum Gasteiger partial charge on any atom is 0.141 e. The Bertz CT molecular complexity index is 369. The van der Waals surface area contributed by atoms with Crippen molar-refractivity contribution in [2.45, 2.75) is 45.3 Å². The van der Waals surface area contributed by atoms with Crippen LogP contribution in [0.5, 0.6) is 0 Å². The third-order valence-corrected chi connectivity index (χ3v) is 2.94. The van der Waals surface area contributed by atoms with Gasteiger partial charge in [-0.15, -0.1) is 0 Å². The van der Waals surface area contributed by atoms with E-state index in [4.69, 9.17) is 10.5 Å². The molecule has 0 spiro atoms. The van der Waals surface area contributed by atoms with Gasteiger partial charge in [-0.25, -0.2) is 14.1 Å². The van der Waals surface area contributed by atoms with E-state index in [1.165, 1.54) is 13.4 Å². The highest BCUT2D eigenvalue weighted by Gasteiger charge is 2.31. The number of alkyl halides is 1. The number of aromatic nitrogens is 3. The Morgan fingerprint density at radius 1 is 1.53 bits per heavy atom. The van der Waals surface area contributed by atoms with Gasteiger partial charge < -0.3 is 10.5 Å². The summed E-state index contributed by atoms with van der Waals surface area (Å²) in [6.07, 6.45) is 2.71. The zero-order valence-corrected chi connectivity index (χ0v) is 12.1. The molecule has 0 radical (unpaired) electrons. The lowest BCUT2D eigenvalue weighted by Gasteiger charge is -2.24. The summed E-state index contributed by atoms with van der Waals surface area (Å²) in [4.78, 5) is 4.17. The van der Waals surface area contributed by atoms with Crippen molar-refractivity contribution < 1.29 is 9.13 Å². The molecule has 0 aliphatic carbocycles. The first-order chi connectivity index (χ1) is 9.00. The predicted molar refractivity (Wildman–Crippen MR) is 72.6 cm³/mol. The molecular weight excluding hydrogens is 247 g/mol. The van der Waals surface area contributed by atoms with Gasteiger partial charge in [0.25, 0.3) is 0 Å². The first-order valence-corrected chi connectivity index (χ1v) is 6.75. The smallest absolute Gasteiger partial charge is 0.141 e. The minimum atomic E-state index is -1.42. The summed E-state index contributed by atoms with van der Waals surface area (Å²) >= 11 is 0. The van der Waals surface area contributed by atoms with Gasteiger partial charge in [-0.1, -0.05) is 13.8 Å². The van der Waals surface area contributed by atoms with E-state index >= 15 is 0 Å². The normalized spacial score (nSPS) is 14.8. The third-order valence-electron chi connectivity index (χ3n) is 2.94. The van der Waals surface area contributed by atoms with Gasteiger partial charge in [-0.2, -0.15) is 5.10 Å². The molecule has 1 rings (SSSR count). The van der Waals surface area contributed by atoms with Crippen molar-refractivity contribution in [1.29, 1.82) is 0 Å². The molecule has 1 unspecified atom stereocenters. The van der Waals surface area contributed by atoms with Gasteiger partial charge in [-0.05, 0) is 25.3 Å². The summed E-state index contributed by atoms with van der Waals surface area (Å²) in [5.74, 6) is 1.12. The highest BCUT2D eigenvalue weighted by Crippen LogP contribution is 2.23. The molecule has 5 nitrogen and oxygen atoms in total. The Kier molecular flexibility index (Phi) is 6.37. The Hall–Kier alpha value is -1.01. The van der Waals surface area contributed by atoms with Crippen molar-refractivity contribution in [3.8, 4) is 0 Å². The average Bonchev–Trinajstić information content (AvgIpc) is 2.73. The molecule has 0 saturated carbocycles. The standard InChI is InChI=1S/C13H25FN4O/c1-11(2)8-18-12(16-10-17-18)7-13(14,9-19-3)5-4-6-15/h10-11H,4-9,15H2,1-3H3. The molecule has 0 aliphatic rings. The van der Waals surface area contributed by atoms with E-state index in [1.54, 1.807) is 4.68 Å². The van der Waals surface area contributed by atoms with E-state index in [-0.39, 0.29) is 13.0 Å². The van der Waals surface area contributed by atoms with E-state index in [0.717, 1.165) is 6.54 Å². The molecule has 0 aliphatic heterocycles. The molecule has 19 heavy (non-hydrogen) atoms. The molecule has 0 amide bonds. The molecule has 0 fully saturated rings.